The van der Waals surface area contributed by atoms with Gasteiger partial charge in [0.2, 0.25) is 0 Å². The number of hydrogen-bond acceptors (Lipinski definition) is 3. The van der Waals surface area contributed by atoms with Gasteiger partial charge < -0.3 is 15.1 Å². The number of halogens is 1. The highest BCUT2D eigenvalue weighted by molar-refractivity contribution is 5.57. The van der Waals surface area contributed by atoms with Crippen LogP contribution in [0.5, 0.6) is 0 Å². The number of hydrogen-bond donors (Lipinski definition) is 2. The summed E-state index contributed by atoms with van der Waals surface area (Å²) in [5.41, 5.74) is 2.09. The van der Waals surface area contributed by atoms with Crippen LogP contribution in [0.25, 0.3) is 0 Å². The van der Waals surface area contributed by atoms with Crippen LogP contribution in [-0.4, -0.2) is 29.4 Å². The lowest BCUT2D eigenvalue weighted by Gasteiger charge is -2.33. The second-order valence-corrected chi connectivity index (χ2v) is 5.05. The highest BCUT2D eigenvalue weighted by Crippen LogP contribution is 2.31. The van der Waals surface area contributed by atoms with Crippen molar-refractivity contribution in [1.82, 2.24) is 0 Å². The predicted octanol–water partition coefficient (Wildman–Crippen LogP) is 2.15. The van der Waals surface area contributed by atoms with Gasteiger partial charge in [0.05, 0.1) is 12.2 Å². The Kier molecular flexibility index (Phi) is 3.88. The molecule has 1 atom stereocenters. The molecule has 0 aromatic heterocycles. The summed E-state index contributed by atoms with van der Waals surface area (Å²) < 4.78 is 13.6. The second-order valence-electron chi connectivity index (χ2n) is 5.05. The maximum Gasteiger partial charge on any atom is 0.126 e. The minimum Gasteiger partial charge on any atom is -0.393 e. The van der Waals surface area contributed by atoms with E-state index in [9.17, 15) is 14.6 Å². The molecule has 1 heterocycles. The first-order valence-electron chi connectivity index (χ1n) is 6.40. The fraction of sp³-hybridized carbons (Fsp3) is 0.571. The number of benzene rings is 1. The fourth-order valence-electron chi connectivity index (χ4n) is 2.40. The predicted molar refractivity (Wildman–Crippen MR) is 69.2 cm³/mol. The highest BCUT2D eigenvalue weighted by atomic mass is 19.1. The van der Waals surface area contributed by atoms with Gasteiger partial charge >= 0.3 is 0 Å². The summed E-state index contributed by atoms with van der Waals surface area (Å²) in [4.78, 5) is 2.11. The topological polar surface area (TPSA) is 43.7 Å². The number of nitrogens with zero attached hydrogens (tertiary/aromatic N) is 1. The molecule has 18 heavy (non-hydrogen) atoms. The van der Waals surface area contributed by atoms with Crippen molar-refractivity contribution < 1.29 is 14.6 Å². The zero-order valence-corrected chi connectivity index (χ0v) is 10.9. The average Bonchev–Trinajstić information content (AvgIpc) is 2.33. The highest BCUT2D eigenvalue weighted by Gasteiger charge is 2.21. The Hall–Kier alpha value is -1.13. The monoisotopic (exact) mass is 253 g/mol. The van der Waals surface area contributed by atoms with E-state index in [4.69, 9.17) is 0 Å². The Balaban J connectivity index is 2.33. The zero-order valence-electron chi connectivity index (χ0n) is 10.9. The molecule has 0 spiro atoms. The van der Waals surface area contributed by atoms with E-state index in [0.29, 0.717) is 11.1 Å². The summed E-state index contributed by atoms with van der Waals surface area (Å²) in [6.45, 7) is 4.85. The van der Waals surface area contributed by atoms with E-state index in [1.54, 1.807) is 19.9 Å². The normalized spacial score (nSPS) is 19.1. The molecule has 3 nitrogen and oxygen atoms in total. The molecule has 1 aliphatic rings. The van der Waals surface area contributed by atoms with Gasteiger partial charge in [-0.15, -0.1) is 0 Å². The van der Waals surface area contributed by atoms with Crippen LogP contribution in [0.4, 0.5) is 10.1 Å². The summed E-state index contributed by atoms with van der Waals surface area (Å²) in [6, 6.07) is 3.20. The SMILES string of the molecule is Cc1cc(N2CCC(O)CC2)c([C@@H](C)O)cc1F. The summed E-state index contributed by atoms with van der Waals surface area (Å²) in [7, 11) is 0. The first-order valence-corrected chi connectivity index (χ1v) is 6.40. The second kappa shape index (κ2) is 5.24. The smallest absolute Gasteiger partial charge is 0.126 e. The van der Waals surface area contributed by atoms with Gasteiger partial charge in [0, 0.05) is 24.3 Å². The molecular weight excluding hydrogens is 233 g/mol. The summed E-state index contributed by atoms with van der Waals surface area (Å²) in [5.74, 6) is -0.285. The molecule has 2 rings (SSSR count). The van der Waals surface area contributed by atoms with Crippen LogP contribution >= 0.6 is 0 Å². The van der Waals surface area contributed by atoms with Crippen LogP contribution in [0.1, 0.15) is 37.0 Å². The maximum absolute atomic E-state index is 13.6. The molecule has 2 N–H and O–H groups in total. The largest absolute Gasteiger partial charge is 0.393 e. The van der Waals surface area contributed by atoms with Crippen molar-refractivity contribution in [2.45, 2.75) is 38.9 Å². The van der Waals surface area contributed by atoms with Crippen LogP contribution < -0.4 is 4.90 Å². The summed E-state index contributed by atoms with van der Waals surface area (Å²) in [6.07, 6.45) is 0.505. The minimum absolute atomic E-state index is 0.238. The molecule has 4 heteroatoms. The van der Waals surface area contributed by atoms with Gasteiger partial charge in [0.15, 0.2) is 0 Å². The molecule has 0 radical (unpaired) electrons. The van der Waals surface area contributed by atoms with E-state index >= 15 is 0 Å². The molecule has 1 fully saturated rings. The number of aliphatic hydroxyl groups is 2. The van der Waals surface area contributed by atoms with Gasteiger partial charge in [-0.05, 0) is 44.4 Å². The van der Waals surface area contributed by atoms with Crippen molar-refractivity contribution in [2.24, 2.45) is 0 Å². The van der Waals surface area contributed by atoms with Crippen molar-refractivity contribution in [3.05, 3.63) is 29.1 Å². The van der Waals surface area contributed by atoms with Gasteiger partial charge in [-0.3, -0.25) is 0 Å². The maximum atomic E-state index is 13.6. The van der Waals surface area contributed by atoms with E-state index in [1.165, 1.54) is 6.07 Å². The third-order valence-corrected chi connectivity index (χ3v) is 3.56. The number of piperidine rings is 1. The Morgan fingerprint density at radius 3 is 2.50 bits per heavy atom. The third-order valence-electron chi connectivity index (χ3n) is 3.56. The first-order chi connectivity index (χ1) is 8.49. The van der Waals surface area contributed by atoms with Gasteiger partial charge in [-0.25, -0.2) is 4.39 Å². The molecule has 0 aliphatic carbocycles. The quantitative estimate of drug-likeness (QED) is 0.848. The Bertz CT molecular complexity index is 426. The molecule has 0 saturated carbocycles. The first kappa shape index (κ1) is 13.3. The summed E-state index contributed by atoms with van der Waals surface area (Å²) in [5, 5.41) is 19.3. The Morgan fingerprint density at radius 2 is 1.94 bits per heavy atom. The van der Waals surface area contributed by atoms with Crippen LogP contribution in [0, 0.1) is 12.7 Å². The van der Waals surface area contributed by atoms with E-state index in [0.717, 1.165) is 31.6 Å². The minimum atomic E-state index is -0.693. The molecule has 1 aromatic rings. The van der Waals surface area contributed by atoms with E-state index in [1.807, 2.05) is 0 Å². The molecule has 1 saturated heterocycles. The molecule has 0 amide bonds. The Labute approximate surface area is 107 Å². The molecule has 1 aliphatic heterocycles. The van der Waals surface area contributed by atoms with Gasteiger partial charge in [-0.2, -0.15) is 0 Å². The molecule has 1 aromatic carbocycles. The van der Waals surface area contributed by atoms with Crippen LogP contribution in [0.2, 0.25) is 0 Å². The molecule has 0 unspecified atom stereocenters. The number of aryl methyl sites for hydroxylation is 1. The lowest BCUT2D eigenvalue weighted by molar-refractivity contribution is 0.145. The van der Waals surface area contributed by atoms with Gasteiger partial charge in [0.25, 0.3) is 0 Å². The lowest BCUT2D eigenvalue weighted by Crippen LogP contribution is -2.36. The summed E-state index contributed by atoms with van der Waals surface area (Å²) >= 11 is 0. The number of anilines is 1. The van der Waals surface area contributed by atoms with Crippen molar-refractivity contribution in [3.8, 4) is 0 Å². The fourth-order valence-corrected chi connectivity index (χ4v) is 2.40. The lowest BCUT2D eigenvalue weighted by atomic mass is 10.0. The van der Waals surface area contributed by atoms with Crippen molar-refractivity contribution in [3.63, 3.8) is 0 Å². The van der Waals surface area contributed by atoms with Crippen molar-refractivity contribution in [2.75, 3.05) is 18.0 Å². The van der Waals surface area contributed by atoms with Crippen LogP contribution in [0.15, 0.2) is 12.1 Å². The number of aliphatic hydroxyl groups excluding tert-OH is 2. The average molecular weight is 253 g/mol. The zero-order chi connectivity index (χ0) is 13.3. The third kappa shape index (κ3) is 2.65. The molecule has 0 bridgehead atoms. The van der Waals surface area contributed by atoms with Crippen molar-refractivity contribution >= 4 is 5.69 Å². The van der Waals surface area contributed by atoms with E-state index < -0.39 is 6.10 Å². The standard InChI is InChI=1S/C14H20FNO2/c1-9-7-14(12(10(2)17)8-13(9)15)16-5-3-11(18)4-6-16/h7-8,10-11,17-18H,3-6H2,1-2H3/t10-/m1/s1. The van der Waals surface area contributed by atoms with E-state index in [2.05, 4.69) is 4.90 Å². The van der Waals surface area contributed by atoms with Crippen LogP contribution in [-0.2, 0) is 0 Å². The number of rotatable bonds is 2. The van der Waals surface area contributed by atoms with Crippen molar-refractivity contribution in [1.29, 1.82) is 0 Å². The Morgan fingerprint density at radius 1 is 1.33 bits per heavy atom. The van der Waals surface area contributed by atoms with Gasteiger partial charge in [0.1, 0.15) is 5.82 Å². The molecular formula is C14H20FNO2. The molecule has 100 valence electrons. The van der Waals surface area contributed by atoms with Gasteiger partial charge in [-0.1, -0.05) is 0 Å². The van der Waals surface area contributed by atoms with E-state index in [-0.39, 0.29) is 11.9 Å². The van der Waals surface area contributed by atoms with Crippen LogP contribution in [0.3, 0.4) is 0 Å².